The Hall–Kier alpha value is -1.88. The molecule has 5 nitrogen and oxygen atoms in total. The van der Waals surface area contributed by atoms with Gasteiger partial charge in [0.25, 0.3) is 0 Å². The molecule has 0 bridgehead atoms. The second kappa shape index (κ2) is 7.99. The van der Waals surface area contributed by atoms with E-state index in [2.05, 4.69) is 23.1 Å². The van der Waals surface area contributed by atoms with Crippen molar-refractivity contribution < 1.29 is 14.3 Å². The maximum absolute atomic E-state index is 12.7. The standard InChI is InChI=1S/C25H34N2O3/c1-30-21-7-4-6-18-14-19-17-26(13-8-20(19)24(18)21)11-5-12-27-22(28)15-25(16-23(27)29)9-2-3-10-25/h4,6-7,19-20H,2-3,5,8-17H2,1H3/t19-,20-/m0/s1. The highest BCUT2D eigenvalue weighted by molar-refractivity contribution is 5.98. The average Bonchev–Trinajstić information content (AvgIpc) is 3.33. The van der Waals surface area contributed by atoms with Crippen molar-refractivity contribution in [2.45, 2.75) is 63.7 Å². The molecule has 3 fully saturated rings. The van der Waals surface area contributed by atoms with Gasteiger partial charge < -0.3 is 9.64 Å². The van der Waals surface area contributed by atoms with Crippen LogP contribution in [0.4, 0.5) is 0 Å². The molecule has 0 unspecified atom stereocenters. The highest BCUT2D eigenvalue weighted by atomic mass is 16.5. The van der Waals surface area contributed by atoms with Crippen molar-refractivity contribution in [1.82, 2.24) is 9.80 Å². The van der Waals surface area contributed by atoms with Crippen LogP contribution in [-0.4, -0.2) is 54.9 Å². The van der Waals surface area contributed by atoms with E-state index in [1.807, 2.05) is 0 Å². The van der Waals surface area contributed by atoms with Crippen LogP contribution in [-0.2, 0) is 16.0 Å². The largest absolute Gasteiger partial charge is 0.496 e. The number of carbonyl (C=O) groups is 2. The molecule has 2 aliphatic carbocycles. The van der Waals surface area contributed by atoms with Gasteiger partial charge in [0, 0.05) is 31.5 Å². The Morgan fingerprint density at radius 3 is 2.60 bits per heavy atom. The summed E-state index contributed by atoms with van der Waals surface area (Å²) < 4.78 is 5.64. The number of amides is 2. The Balaban J connectivity index is 1.13. The Morgan fingerprint density at radius 1 is 1.10 bits per heavy atom. The van der Waals surface area contributed by atoms with Gasteiger partial charge in [0.1, 0.15) is 5.75 Å². The molecule has 2 saturated heterocycles. The lowest BCUT2D eigenvalue weighted by atomic mass is 9.76. The van der Waals surface area contributed by atoms with E-state index in [1.165, 1.54) is 30.4 Å². The van der Waals surface area contributed by atoms with Crippen molar-refractivity contribution in [2.24, 2.45) is 11.3 Å². The molecule has 0 N–H and O–H groups in total. The fourth-order valence-electron chi connectivity index (χ4n) is 6.76. The van der Waals surface area contributed by atoms with Crippen LogP contribution in [0, 0.1) is 11.3 Å². The van der Waals surface area contributed by atoms with Crippen molar-refractivity contribution in [2.75, 3.05) is 33.3 Å². The summed E-state index contributed by atoms with van der Waals surface area (Å²) in [7, 11) is 1.77. The first-order valence-corrected chi connectivity index (χ1v) is 11.8. The number of imide groups is 1. The van der Waals surface area contributed by atoms with Crippen molar-refractivity contribution >= 4 is 11.8 Å². The molecule has 4 aliphatic rings. The lowest BCUT2D eigenvalue weighted by molar-refractivity contribution is -0.153. The van der Waals surface area contributed by atoms with Gasteiger partial charge in [-0.15, -0.1) is 0 Å². The van der Waals surface area contributed by atoms with Gasteiger partial charge in [-0.05, 0) is 74.1 Å². The molecular weight excluding hydrogens is 376 g/mol. The minimum absolute atomic E-state index is 0.00504. The number of carbonyl (C=O) groups excluding carboxylic acids is 2. The second-order valence-electron chi connectivity index (χ2n) is 10.0. The summed E-state index contributed by atoms with van der Waals surface area (Å²) in [5, 5.41) is 0. The molecule has 2 atom stereocenters. The normalized spacial score (nSPS) is 28.1. The van der Waals surface area contributed by atoms with Crippen molar-refractivity contribution in [1.29, 1.82) is 0 Å². The van der Waals surface area contributed by atoms with Gasteiger partial charge in [-0.25, -0.2) is 0 Å². The summed E-state index contributed by atoms with van der Waals surface area (Å²) >= 11 is 0. The molecule has 0 aromatic heterocycles. The van der Waals surface area contributed by atoms with Gasteiger partial charge in [0.2, 0.25) is 11.8 Å². The van der Waals surface area contributed by atoms with Crippen LogP contribution in [0.25, 0.3) is 0 Å². The number of likely N-dealkylation sites (tertiary alicyclic amines) is 2. The summed E-state index contributed by atoms with van der Waals surface area (Å²) in [5.41, 5.74) is 2.90. The average molecular weight is 411 g/mol. The van der Waals surface area contributed by atoms with Crippen LogP contribution < -0.4 is 4.74 Å². The molecular formula is C25H34N2O3. The SMILES string of the molecule is COc1cccc2c1[C@H]1CCN(CCCN3C(=O)CC4(CCCC4)CC3=O)C[C@@H]1C2. The first kappa shape index (κ1) is 20.0. The van der Waals surface area contributed by atoms with Crippen molar-refractivity contribution in [3.05, 3.63) is 29.3 Å². The fraction of sp³-hybridized carbons (Fsp3) is 0.680. The minimum Gasteiger partial charge on any atom is -0.496 e. The van der Waals surface area contributed by atoms with Gasteiger partial charge in [-0.2, -0.15) is 0 Å². The number of methoxy groups -OCH3 is 1. The molecule has 5 heteroatoms. The topological polar surface area (TPSA) is 49.9 Å². The lowest BCUT2D eigenvalue weighted by Gasteiger charge is -2.38. The van der Waals surface area contributed by atoms with Gasteiger partial charge in [0.05, 0.1) is 7.11 Å². The van der Waals surface area contributed by atoms with Crippen LogP contribution in [0.3, 0.4) is 0 Å². The Morgan fingerprint density at radius 2 is 1.87 bits per heavy atom. The zero-order chi connectivity index (χ0) is 20.7. The predicted molar refractivity (Wildman–Crippen MR) is 115 cm³/mol. The van der Waals surface area contributed by atoms with Crippen LogP contribution in [0.2, 0.25) is 0 Å². The molecule has 2 aliphatic heterocycles. The predicted octanol–water partition coefficient (Wildman–Crippen LogP) is 3.76. The highest BCUT2D eigenvalue weighted by Gasteiger charge is 2.45. The quantitative estimate of drug-likeness (QED) is 0.694. The molecule has 1 saturated carbocycles. The summed E-state index contributed by atoms with van der Waals surface area (Å²) in [6.07, 6.45) is 8.84. The van der Waals surface area contributed by atoms with E-state index in [-0.39, 0.29) is 17.2 Å². The van der Waals surface area contributed by atoms with E-state index in [1.54, 1.807) is 12.0 Å². The third-order valence-electron chi connectivity index (χ3n) is 8.22. The number of nitrogens with zero attached hydrogens (tertiary/aromatic N) is 2. The molecule has 5 rings (SSSR count). The van der Waals surface area contributed by atoms with Crippen LogP contribution in [0.15, 0.2) is 18.2 Å². The number of ether oxygens (including phenoxy) is 1. The van der Waals surface area contributed by atoms with E-state index in [9.17, 15) is 9.59 Å². The first-order valence-electron chi connectivity index (χ1n) is 11.8. The molecule has 1 spiro atoms. The number of fused-ring (bicyclic) bond motifs is 3. The van der Waals surface area contributed by atoms with Gasteiger partial charge in [-0.3, -0.25) is 14.5 Å². The first-order chi connectivity index (χ1) is 14.6. The van der Waals surface area contributed by atoms with Crippen molar-refractivity contribution in [3.8, 4) is 5.75 Å². The molecule has 1 aromatic rings. The molecule has 0 radical (unpaired) electrons. The van der Waals surface area contributed by atoms with Gasteiger partial charge in [-0.1, -0.05) is 25.0 Å². The van der Waals surface area contributed by atoms with Crippen molar-refractivity contribution in [3.63, 3.8) is 0 Å². The summed E-state index contributed by atoms with van der Waals surface area (Å²) in [6.45, 7) is 3.75. The third-order valence-corrected chi connectivity index (χ3v) is 8.22. The summed E-state index contributed by atoms with van der Waals surface area (Å²) in [5.74, 6) is 2.47. The van der Waals surface area contributed by atoms with E-state index in [0.717, 1.165) is 51.1 Å². The Labute approximate surface area is 179 Å². The van der Waals surface area contributed by atoms with E-state index in [4.69, 9.17) is 4.74 Å². The molecule has 30 heavy (non-hydrogen) atoms. The lowest BCUT2D eigenvalue weighted by Crippen LogP contribution is -2.48. The Kier molecular flexibility index (Phi) is 5.34. The van der Waals surface area contributed by atoms with Gasteiger partial charge >= 0.3 is 0 Å². The highest BCUT2D eigenvalue weighted by Crippen LogP contribution is 2.48. The number of rotatable bonds is 5. The fourth-order valence-corrected chi connectivity index (χ4v) is 6.76. The van der Waals surface area contributed by atoms with Crippen LogP contribution in [0.5, 0.6) is 5.75 Å². The number of hydrogen-bond acceptors (Lipinski definition) is 4. The maximum Gasteiger partial charge on any atom is 0.229 e. The number of piperidine rings is 2. The van der Waals surface area contributed by atoms with E-state index in [0.29, 0.717) is 31.2 Å². The third kappa shape index (κ3) is 3.55. The van der Waals surface area contributed by atoms with Crippen LogP contribution >= 0.6 is 0 Å². The smallest absolute Gasteiger partial charge is 0.229 e. The van der Waals surface area contributed by atoms with E-state index >= 15 is 0 Å². The Bertz CT molecular complexity index is 810. The minimum atomic E-state index is 0.00504. The zero-order valence-corrected chi connectivity index (χ0v) is 18.2. The monoisotopic (exact) mass is 410 g/mol. The molecule has 1 aromatic carbocycles. The molecule has 162 valence electrons. The summed E-state index contributed by atoms with van der Waals surface area (Å²) in [6, 6.07) is 6.45. The maximum atomic E-state index is 12.7. The molecule has 2 amide bonds. The second-order valence-corrected chi connectivity index (χ2v) is 10.0. The number of benzene rings is 1. The number of hydrogen-bond donors (Lipinski definition) is 0. The molecule has 2 heterocycles. The zero-order valence-electron chi connectivity index (χ0n) is 18.2. The van der Waals surface area contributed by atoms with Crippen LogP contribution in [0.1, 0.15) is 68.4 Å². The summed E-state index contributed by atoms with van der Waals surface area (Å²) in [4.78, 5) is 29.4. The van der Waals surface area contributed by atoms with E-state index < -0.39 is 0 Å². The van der Waals surface area contributed by atoms with Gasteiger partial charge in [0.15, 0.2) is 0 Å².